The third-order valence-electron chi connectivity index (χ3n) is 6.32. The quantitative estimate of drug-likeness (QED) is 0.474. The van der Waals surface area contributed by atoms with Crippen molar-refractivity contribution in [3.8, 4) is 0 Å². The van der Waals surface area contributed by atoms with Crippen molar-refractivity contribution in [2.45, 2.75) is 37.6 Å². The predicted molar refractivity (Wildman–Crippen MR) is 136 cm³/mol. The van der Waals surface area contributed by atoms with Gasteiger partial charge in [-0.3, -0.25) is 14.5 Å². The Labute approximate surface area is 213 Å². The van der Waals surface area contributed by atoms with E-state index in [9.17, 15) is 14.4 Å². The molecule has 3 heterocycles. The number of anilines is 1. The molecule has 0 aliphatic carbocycles. The van der Waals surface area contributed by atoms with Crippen molar-refractivity contribution in [2.75, 3.05) is 18.5 Å². The van der Waals surface area contributed by atoms with Crippen LogP contribution in [0.2, 0.25) is 0 Å². The zero-order valence-electron chi connectivity index (χ0n) is 19.6. The molecular formula is C27H27N3O5S. The van der Waals surface area contributed by atoms with E-state index in [1.54, 1.807) is 30.3 Å². The van der Waals surface area contributed by atoms with E-state index in [0.717, 1.165) is 18.4 Å². The van der Waals surface area contributed by atoms with Crippen LogP contribution in [-0.2, 0) is 20.8 Å². The number of benzene rings is 2. The van der Waals surface area contributed by atoms with E-state index >= 15 is 0 Å². The number of hydrogen-bond acceptors (Lipinski definition) is 6. The fourth-order valence-electron chi connectivity index (χ4n) is 4.47. The topological polar surface area (TPSA) is 97.0 Å². The van der Waals surface area contributed by atoms with Gasteiger partial charge in [0, 0.05) is 18.8 Å². The van der Waals surface area contributed by atoms with Gasteiger partial charge in [-0.1, -0.05) is 48.5 Å². The summed E-state index contributed by atoms with van der Waals surface area (Å²) in [5.41, 5.74) is 2.19. The molecule has 2 aromatic carbocycles. The first-order valence-corrected chi connectivity index (χ1v) is 12.8. The highest BCUT2D eigenvalue weighted by atomic mass is 32.1. The summed E-state index contributed by atoms with van der Waals surface area (Å²) >= 11 is 1.36. The number of carbonyl (C=O) groups is 3. The van der Waals surface area contributed by atoms with Gasteiger partial charge in [0.1, 0.15) is 0 Å². The number of amides is 3. The summed E-state index contributed by atoms with van der Waals surface area (Å²) in [6.07, 6.45) is 0.531. The average Bonchev–Trinajstić information content (AvgIpc) is 3.67. The van der Waals surface area contributed by atoms with Gasteiger partial charge in [0.05, 0.1) is 17.5 Å². The van der Waals surface area contributed by atoms with E-state index in [0.29, 0.717) is 29.3 Å². The first-order valence-electron chi connectivity index (χ1n) is 11.9. The Balaban J connectivity index is 1.34. The lowest BCUT2D eigenvalue weighted by molar-refractivity contribution is -0.126. The van der Waals surface area contributed by atoms with Crippen LogP contribution in [0.25, 0.3) is 0 Å². The second kappa shape index (κ2) is 10.9. The third-order valence-corrected chi connectivity index (χ3v) is 7.19. The molecule has 2 aliphatic rings. The molecule has 36 heavy (non-hydrogen) atoms. The molecule has 0 saturated carbocycles. The predicted octanol–water partition coefficient (Wildman–Crippen LogP) is 4.36. The van der Waals surface area contributed by atoms with E-state index in [1.165, 1.54) is 16.2 Å². The second-order valence-corrected chi connectivity index (χ2v) is 9.74. The van der Waals surface area contributed by atoms with Gasteiger partial charge in [-0.05, 0) is 47.5 Å². The summed E-state index contributed by atoms with van der Waals surface area (Å²) in [6, 6.07) is 19.3. The molecule has 2 saturated heterocycles. The van der Waals surface area contributed by atoms with Gasteiger partial charge < -0.3 is 20.1 Å². The Morgan fingerprint density at radius 1 is 1.03 bits per heavy atom. The summed E-state index contributed by atoms with van der Waals surface area (Å²) in [7, 11) is 0. The fourth-order valence-corrected chi connectivity index (χ4v) is 5.09. The monoisotopic (exact) mass is 505 g/mol. The molecule has 3 amide bonds. The smallest absolute Gasteiger partial charge is 0.411 e. The second-order valence-electron chi connectivity index (χ2n) is 8.80. The molecule has 3 aromatic rings. The minimum atomic E-state index is -0.842. The van der Waals surface area contributed by atoms with Crippen molar-refractivity contribution >= 4 is 34.9 Å². The van der Waals surface area contributed by atoms with Crippen LogP contribution in [0, 0.1) is 0 Å². The van der Waals surface area contributed by atoms with E-state index in [-0.39, 0.29) is 24.5 Å². The van der Waals surface area contributed by atoms with Crippen LogP contribution >= 0.6 is 11.3 Å². The van der Waals surface area contributed by atoms with Gasteiger partial charge in [0.25, 0.3) is 5.91 Å². The van der Waals surface area contributed by atoms with E-state index < -0.39 is 18.2 Å². The lowest BCUT2D eigenvalue weighted by atomic mass is 10.00. The minimum absolute atomic E-state index is 0.0146. The van der Waals surface area contributed by atoms with Crippen molar-refractivity contribution in [1.29, 1.82) is 0 Å². The Kier molecular flexibility index (Phi) is 7.29. The fraction of sp³-hybridized carbons (Fsp3) is 0.296. The van der Waals surface area contributed by atoms with Crippen molar-refractivity contribution in [3.63, 3.8) is 0 Å². The highest BCUT2D eigenvalue weighted by molar-refractivity contribution is 7.12. The number of hydrogen-bond donors (Lipinski definition) is 2. The molecule has 0 spiro atoms. The van der Waals surface area contributed by atoms with E-state index in [2.05, 4.69) is 10.6 Å². The first kappa shape index (κ1) is 24.0. The summed E-state index contributed by atoms with van der Waals surface area (Å²) in [5.74, 6) is -0.474. The van der Waals surface area contributed by atoms with Gasteiger partial charge in [-0.2, -0.15) is 0 Å². The molecular weight excluding hydrogens is 478 g/mol. The van der Waals surface area contributed by atoms with E-state index in [4.69, 9.17) is 9.47 Å². The van der Waals surface area contributed by atoms with Crippen LogP contribution in [0.5, 0.6) is 0 Å². The SMILES string of the molecule is O=C(Nc1ccc(C2OC(=O)N(Cc3ccccc3)C2C(=O)NCC2CCCO2)cc1)c1cccs1. The lowest BCUT2D eigenvalue weighted by Gasteiger charge is -2.25. The number of nitrogens with one attached hydrogen (secondary N) is 2. The zero-order valence-corrected chi connectivity index (χ0v) is 20.4. The molecule has 186 valence electrons. The first-order chi connectivity index (χ1) is 17.6. The van der Waals surface area contributed by atoms with Gasteiger partial charge in [0.15, 0.2) is 12.1 Å². The Morgan fingerprint density at radius 2 is 1.83 bits per heavy atom. The number of thiophene rings is 1. The molecule has 1 aromatic heterocycles. The largest absolute Gasteiger partial charge is 0.438 e. The molecule has 3 atom stereocenters. The van der Waals surface area contributed by atoms with Gasteiger partial charge in [-0.25, -0.2) is 4.79 Å². The lowest BCUT2D eigenvalue weighted by Crippen LogP contribution is -2.47. The highest BCUT2D eigenvalue weighted by Gasteiger charge is 2.47. The van der Waals surface area contributed by atoms with Crippen molar-refractivity contribution in [1.82, 2.24) is 10.2 Å². The van der Waals surface area contributed by atoms with Crippen LogP contribution in [0.3, 0.4) is 0 Å². The highest BCUT2D eigenvalue weighted by Crippen LogP contribution is 2.34. The summed E-state index contributed by atoms with van der Waals surface area (Å²) in [6.45, 7) is 1.34. The third kappa shape index (κ3) is 5.42. The number of carbonyl (C=O) groups excluding carboxylic acids is 3. The maximum Gasteiger partial charge on any atom is 0.411 e. The Morgan fingerprint density at radius 3 is 2.53 bits per heavy atom. The molecule has 8 nitrogen and oxygen atoms in total. The number of rotatable bonds is 8. The maximum atomic E-state index is 13.4. The molecule has 3 unspecified atom stereocenters. The molecule has 2 aliphatic heterocycles. The van der Waals surface area contributed by atoms with Crippen LogP contribution < -0.4 is 10.6 Å². The Hall–Kier alpha value is -3.69. The van der Waals surface area contributed by atoms with E-state index in [1.807, 2.05) is 41.8 Å². The van der Waals surface area contributed by atoms with Crippen molar-refractivity contribution in [2.24, 2.45) is 0 Å². The summed E-state index contributed by atoms with van der Waals surface area (Å²) in [4.78, 5) is 40.7. The molecule has 0 radical (unpaired) electrons. The Bertz CT molecular complexity index is 1190. The normalized spacial score (nSPS) is 21.3. The molecule has 0 bridgehead atoms. The van der Waals surface area contributed by atoms with Crippen LogP contribution in [0.15, 0.2) is 72.1 Å². The van der Waals surface area contributed by atoms with Crippen molar-refractivity contribution in [3.05, 3.63) is 88.1 Å². The maximum absolute atomic E-state index is 13.4. The van der Waals surface area contributed by atoms with Crippen LogP contribution in [-0.4, -0.2) is 48.1 Å². The minimum Gasteiger partial charge on any atom is -0.438 e. The van der Waals surface area contributed by atoms with Gasteiger partial charge in [-0.15, -0.1) is 11.3 Å². The molecule has 2 fully saturated rings. The van der Waals surface area contributed by atoms with Crippen molar-refractivity contribution < 1.29 is 23.9 Å². The van der Waals surface area contributed by atoms with Crippen LogP contribution in [0.1, 0.15) is 39.7 Å². The van der Waals surface area contributed by atoms with Gasteiger partial charge >= 0.3 is 6.09 Å². The number of nitrogens with zero attached hydrogens (tertiary/aromatic N) is 1. The number of ether oxygens (including phenoxy) is 2. The average molecular weight is 506 g/mol. The molecule has 5 rings (SSSR count). The number of cyclic esters (lactones) is 1. The van der Waals surface area contributed by atoms with Gasteiger partial charge in [0.2, 0.25) is 5.91 Å². The zero-order chi connectivity index (χ0) is 24.9. The molecule has 9 heteroatoms. The summed E-state index contributed by atoms with van der Waals surface area (Å²) in [5, 5.41) is 7.66. The standard InChI is InChI=1S/C27H27N3O5S/c31-25(22-9-5-15-36-22)29-20-12-10-19(11-13-20)24-23(26(32)28-16-21-8-4-14-34-21)30(27(33)35-24)17-18-6-2-1-3-7-18/h1-3,5-7,9-13,15,21,23-24H,4,8,14,16-17H2,(H,28,32)(H,29,31). The summed E-state index contributed by atoms with van der Waals surface area (Å²) < 4.78 is 11.4. The van der Waals surface area contributed by atoms with Crippen LogP contribution in [0.4, 0.5) is 10.5 Å². The molecule has 2 N–H and O–H groups in total.